The standard InChI is InChI=1S/C14H15N3O5S2/c1-22-7-5-24-13-9(12(19)17(13)10(7)14(20)21)16-11(18)8(15)6-2-3-23-4-6/h2-4,8-9,13H,5,15H2,1H3,(H,16,18)(H,20,21)/t8?,9-,13-/m1/s1. The van der Waals surface area contributed by atoms with Gasteiger partial charge in [0, 0.05) is 0 Å². The maximum Gasteiger partial charge on any atom is 0.356 e. The van der Waals surface area contributed by atoms with Crippen LogP contribution in [0.3, 0.4) is 0 Å². The molecule has 0 bridgehead atoms. The fraction of sp³-hybridized carbons (Fsp3) is 0.357. The van der Waals surface area contributed by atoms with Crippen molar-refractivity contribution in [1.82, 2.24) is 10.2 Å². The van der Waals surface area contributed by atoms with Gasteiger partial charge in [-0.05, 0) is 22.4 Å². The van der Waals surface area contributed by atoms with Crippen LogP contribution in [0.4, 0.5) is 0 Å². The molecule has 3 heterocycles. The second-order valence-corrected chi connectivity index (χ2v) is 7.10. The van der Waals surface area contributed by atoms with Gasteiger partial charge in [0.1, 0.15) is 23.2 Å². The molecule has 0 saturated carbocycles. The number of methoxy groups -OCH3 is 1. The number of hydrogen-bond donors (Lipinski definition) is 3. The molecular weight excluding hydrogens is 354 g/mol. The minimum Gasteiger partial charge on any atom is -0.498 e. The monoisotopic (exact) mass is 369 g/mol. The molecule has 2 aliphatic rings. The molecule has 3 rings (SSSR count). The molecule has 3 atom stereocenters. The highest BCUT2D eigenvalue weighted by Crippen LogP contribution is 2.40. The zero-order chi connectivity index (χ0) is 17.4. The second-order valence-electron chi connectivity index (χ2n) is 5.21. The summed E-state index contributed by atoms with van der Waals surface area (Å²) in [5, 5.41) is 15.0. The van der Waals surface area contributed by atoms with Gasteiger partial charge in [-0.25, -0.2) is 4.79 Å². The Morgan fingerprint density at radius 1 is 1.54 bits per heavy atom. The van der Waals surface area contributed by atoms with E-state index >= 15 is 0 Å². The summed E-state index contributed by atoms with van der Waals surface area (Å²) in [5.41, 5.74) is 6.39. The summed E-state index contributed by atoms with van der Waals surface area (Å²) in [7, 11) is 1.36. The van der Waals surface area contributed by atoms with E-state index in [0.717, 1.165) is 4.90 Å². The topological polar surface area (TPSA) is 122 Å². The average Bonchev–Trinajstić information content (AvgIpc) is 3.11. The summed E-state index contributed by atoms with van der Waals surface area (Å²) in [5.74, 6) is -1.63. The molecule has 2 amide bonds. The number of carbonyl (C=O) groups excluding carboxylic acids is 2. The Labute approximate surface area is 145 Å². The third-order valence-electron chi connectivity index (χ3n) is 3.86. The van der Waals surface area contributed by atoms with Gasteiger partial charge in [-0.3, -0.25) is 14.5 Å². The second kappa shape index (κ2) is 6.46. The predicted octanol–water partition coefficient (Wildman–Crippen LogP) is 0.0904. The molecule has 128 valence electrons. The van der Waals surface area contributed by atoms with Gasteiger partial charge in [0.2, 0.25) is 5.91 Å². The Kier molecular flexibility index (Phi) is 4.52. The summed E-state index contributed by atoms with van der Waals surface area (Å²) in [6.07, 6.45) is 0. The maximum absolute atomic E-state index is 12.3. The van der Waals surface area contributed by atoms with Crippen LogP contribution in [0.15, 0.2) is 28.3 Å². The molecule has 8 nitrogen and oxygen atoms in total. The molecule has 0 aromatic carbocycles. The number of nitrogens with two attached hydrogens (primary N) is 1. The Morgan fingerprint density at radius 2 is 2.29 bits per heavy atom. The highest BCUT2D eigenvalue weighted by Gasteiger charge is 2.54. The summed E-state index contributed by atoms with van der Waals surface area (Å²) in [4.78, 5) is 37.1. The van der Waals surface area contributed by atoms with Gasteiger partial charge >= 0.3 is 5.97 Å². The van der Waals surface area contributed by atoms with E-state index in [-0.39, 0.29) is 11.5 Å². The third kappa shape index (κ3) is 2.66. The first-order valence-corrected chi connectivity index (χ1v) is 8.98. The summed E-state index contributed by atoms with van der Waals surface area (Å²) in [6, 6.07) is 0.0885. The fourth-order valence-corrected chi connectivity index (χ4v) is 4.60. The number of thiophene rings is 1. The van der Waals surface area contributed by atoms with E-state index in [0.29, 0.717) is 11.3 Å². The molecule has 0 radical (unpaired) electrons. The number of nitrogens with one attached hydrogen (secondary N) is 1. The number of β-lactam (4-membered cyclic amide) rings is 1. The van der Waals surface area contributed by atoms with E-state index in [2.05, 4.69) is 5.32 Å². The number of aliphatic carboxylic acids is 1. The van der Waals surface area contributed by atoms with Crippen LogP contribution in [0.5, 0.6) is 0 Å². The van der Waals surface area contributed by atoms with E-state index in [1.165, 1.54) is 30.2 Å². The SMILES string of the molecule is COC1=C(C(=O)O)N2C(=O)[C@@H](NC(=O)C(N)c3ccsc3)[C@H]2SC1. The van der Waals surface area contributed by atoms with Crippen LogP contribution in [0.2, 0.25) is 0 Å². The van der Waals surface area contributed by atoms with Crippen molar-refractivity contribution in [2.45, 2.75) is 17.5 Å². The lowest BCUT2D eigenvalue weighted by molar-refractivity contribution is -0.151. The molecule has 2 aliphatic heterocycles. The van der Waals surface area contributed by atoms with E-state index < -0.39 is 35.2 Å². The quantitative estimate of drug-likeness (QED) is 0.629. The highest BCUT2D eigenvalue weighted by molar-refractivity contribution is 8.00. The van der Waals surface area contributed by atoms with Crippen molar-refractivity contribution < 1.29 is 24.2 Å². The third-order valence-corrected chi connectivity index (χ3v) is 5.82. The van der Waals surface area contributed by atoms with Crippen LogP contribution in [0.25, 0.3) is 0 Å². The molecule has 1 aromatic rings. The minimum absolute atomic E-state index is 0.168. The maximum atomic E-state index is 12.3. The van der Waals surface area contributed by atoms with Crippen molar-refractivity contribution in [2.75, 3.05) is 12.9 Å². The lowest BCUT2D eigenvalue weighted by Crippen LogP contribution is -2.71. The van der Waals surface area contributed by atoms with Gasteiger partial charge in [-0.15, -0.1) is 11.8 Å². The number of ether oxygens (including phenoxy) is 1. The molecule has 24 heavy (non-hydrogen) atoms. The largest absolute Gasteiger partial charge is 0.498 e. The number of nitrogens with zero attached hydrogens (tertiary/aromatic N) is 1. The summed E-state index contributed by atoms with van der Waals surface area (Å²) < 4.78 is 5.05. The van der Waals surface area contributed by atoms with E-state index in [1.54, 1.807) is 11.4 Å². The van der Waals surface area contributed by atoms with E-state index in [4.69, 9.17) is 10.5 Å². The van der Waals surface area contributed by atoms with Gasteiger partial charge in [-0.1, -0.05) is 0 Å². The van der Waals surface area contributed by atoms with Crippen LogP contribution in [0, 0.1) is 0 Å². The molecule has 10 heteroatoms. The Balaban J connectivity index is 1.73. The van der Waals surface area contributed by atoms with Gasteiger partial charge in [0.25, 0.3) is 5.91 Å². The lowest BCUT2D eigenvalue weighted by Gasteiger charge is -2.49. The fourth-order valence-electron chi connectivity index (χ4n) is 2.59. The number of carbonyl (C=O) groups is 3. The number of fused-ring (bicyclic) bond motifs is 1. The van der Waals surface area contributed by atoms with Crippen LogP contribution >= 0.6 is 23.1 Å². The molecule has 1 aromatic heterocycles. The van der Waals surface area contributed by atoms with Gasteiger partial charge in [-0.2, -0.15) is 11.3 Å². The zero-order valence-corrected chi connectivity index (χ0v) is 14.2. The molecule has 0 aliphatic carbocycles. The number of thioether (sulfide) groups is 1. The van der Waals surface area contributed by atoms with Crippen molar-refractivity contribution in [1.29, 1.82) is 0 Å². The van der Waals surface area contributed by atoms with Crippen molar-refractivity contribution in [2.24, 2.45) is 5.73 Å². The van der Waals surface area contributed by atoms with Gasteiger partial charge < -0.3 is 20.9 Å². The number of carboxylic acids is 1. The highest BCUT2D eigenvalue weighted by atomic mass is 32.2. The number of carboxylic acid groups (broad SMARTS) is 1. The zero-order valence-electron chi connectivity index (χ0n) is 12.6. The van der Waals surface area contributed by atoms with Crippen LogP contribution in [-0.2, 0) is 19.1 Å². The van der Waals surface area contributed by atoms with E-state index in [1.807, 2.05) is 5.38 Å². The molecule has 4 N–H and O–H groups in total. The van der Waals surface area contributed by atoms with Crippen molar-refractivity contribution in [3.63, 3.8) is 0 Å². The normalized spacial score (nSPS) is 24.1. The first-order valence-electron chi connectivity index (χ1n) is 6.99. The lowest BCUT2D eigenvalue weighted by atomic mass is 10.0. The molecular formula is C14H15N3O5S2. The Morgan fingerprint density at radius 3 is 2.88 bits per heavy atom. The van der Waals surface area contributed by atoms with Crippen LogP contribution in [-0.4, -0.2) is 52.1 Å². The minimum atomic E-state index is -1.23. The average molecular weight is 369 g/mol. The van der Waals surface area contributed by atoms with Gasteiger partial charge in [0.15, 0.2) is 5.70 Å². The summed E-state index contributed by atoms with van der Waals surface area (Å²) >= 11 is 2.76. The van der Waals surface area contributed by atoms with Gasteiger partial charge in [0.05, 0.1) is 12.9 Å². The predicted molar refractivity (Wildman–Crippen MR) is 87.9 cm³/mol. The van der Waals surface area contributed by atoms with Crippen molar-refractivity contribution in [3.05, 3.63) is 33.8 Å². The smallest absolute Gasteiger partial charge is 0.356 e. The Hall–Kier alpha value is -2.04. The van der Waals surface area contributed by atoms with E-state index in [9.17, 15) is 19.5 Å². The molecule has 1 fully saturated rings. The molecule has 1 saturated heterocycles. The van der Waals surface area contributed by atoms with Crippen LogP contribution < -0.4 is 11.1 Å². The van der Waals surface area contributed by atoms with Crippen molar-refractivity contribution in [3.8, 4) is 0 Å². The first kappa shape index (κ1) is 16.8. The molecule has 1 unspecified atom stereocenters. The number of amides is 2. The van der Waals surface area contributed by atoms with Crippen molar-refractivity contribution >= 4 is 40.9 Å². The number of hydrogen-bond acceptors (Lipinski definition) is 7. The van der Waals surface area contributed by atoms with Crippen LogP contribution in [0.1, 0.15) is 11.6 Å². The molecule has 0 spiro atoms. The first-order chi connectivity index (χ1) is 11.5. The summed E-state index contributed by atoms with van der Waals surface area (Å²) in [6.45, 7) is 0. The number of rotatable bonds is 5. The Bertz CT molecular complexity index is 718.